The van der Waals surface area contributed by atoms with Gasteiger partial charge in [-0.1, -0.05) is 13.3 Å². The van der Waals surface area contributed by atoms with Crippen molar-refractivity contribution >= 4 is 11.9 Å². The number of nitrogens with zero attached hydrogens (tertiary/aromatic N) is 1. The highest BCUT2D eigenvalue weighted by Gasteiger charge is 2.24. The summed E-state index contributed by atoms with van der Waals surface area (Å²) in [6, 6.07) is 0.461. The summed E-state index contributed by atoms with van der Waals surface area (Å²) >= 11 is 0. The molecule has 0 bridgehead atoms. The molecule has 1 aliphatic rings. The van der Waals surface area contributed by atoms with Crippen LogP contribution < -0.4 is 5.32 Å². The third-order valence-electron chi connectivity index (χ3n) is 3.85. The lowest BCUT2D eigenvalue weighted by Gasteiger charge is -2.34. The predicted octanol–water partition coefficient (Wildman–Crippen LogP) is 1.09. The van der Waals surface area contributed by atoms with Crippen LogP contribution in [0.4, 0.5) is 0 Å². The second-order valence-corrected chi connectivity index (χ2v) is 5.17. The number of likely N-dealkylation sites (N-methyl/N-ethyl adjacent to an activating group) is 1. The molecule has 5 nitrogen and oxygen atoms in total. The Morgan fingerprint density at radius 3 is 2.39 bits per heavy atom. The summed E-state index contributed by atoms with van der Waals surface area (Å²) in [5.41, 5.74) is 0. The van der Waals surface area contributed by atoms with Gasteiger partial charge in [0.1, 0.15) is 6.54 Å². The van der Waals surface area contributed by atoms with Crippen LogP contribution in [0.25, 0.3) is 0 Å². The van der Waals surface area contributed by atoms with Crippen molar-refractivity contribution < 1.29 is 14.7 Å². The average molecular weight is 256 g/mol. The fourth-order valence-corrected chi connectivity index (χ4v) is 2.58. The summed E-state index contributed by atoms with van der Waals surface area (Å²) < 4.78 is 0. The van der Waals surface area contributed by atoms with Crippen molar-refractivity contribution in [3.05, 3.63) is 0 Å². The smallest absolute Gasteiger partial charge is 0.322 e. The van der Waals surface area contributed by atoms with Crippen molar-refractivity contribution in [3.8, 4) is 0 Å². The third kappa shape index (κ3) is 5.04. The molecular formula is C13H24N2O3. The normalized spacial score (nSPS) is 23.9. The molecule has 1 saturated carbocycles. The lowest BCUT2D eigenvalue weighted by molar-refractivity contribution is -0.138. The molecule has 104 valence electrons. The van der Waals surface area contributed by atoms with E-state index in [0.717, 1.165) is 18.8 Å². The number of aliphatic carboxylic acids is 1. The number of carbonyl (C=O) groups excluding carboxylic acids is 1. The lowest BCUT2D eigenvalue weighted by atomic mass is 9.84. The van der Waals surface area contributed by atoms with Gasteiger partial charge in [-0.05, 0) is 38.6 Å². The van der Waals surface area contributed by atoms with Crippen LogP contribution in [0.3, 0.4) is 0 Å². The van der Waals surface area contributed by atoms with E-state index in [4.69, 9.17) is 5.11 Å². The van der Waals surface area contributed by atoms with Crippen molar-refractivity contribution in [2.24, 2.45) is 5.92 Å². The number of amides is 1. The molecule has 18 heavy (non-hydrogen) atoms. The Bertz CT molecular complexity index is 286. The summed E-state index contributed by atoms with van der Waals surface area (Å²) in [5, 5.41) is 10.9. The van der Waals surface area contributed by atoms with Gasteiger partial charge in [-0.3, -0.25) is 14.5 Å². The molecular weight excluding hydrogens is 232 g/mol. The molecule has 1 amide bonds. The van der Waals surface area contributed by atoms with E-state index in [2.05, 4.69) is 12.2 Å². The lowest BCUT2D eigenvalue weighted by Crippen LogP contribution is -2.43. The van der Waals surface area contributed by atoms with Gasteiger partial charge in [0.25, 0.3) is 0 Å². The number of nitrogens with one attached hydrogen (secondary N) is 1. The fourth-order valence-electron chi connectivity index (χ4n) is 2.58. The van der Waals surface area contributed by atoms with Gasteiger partial charge in [-0.2, -0.15) is 0 Å². The zero-order chi connectivity index (χ0) is 13.5. The Morgan fingerprint density at radius 1 is 1.28 bits per heavy atom. The quantitative estimate of drug-likeness (QED) is 0.746. The fraction of sp³-hybridized carbons (Fsp3) is 0.846. The van der Waals surface area contributed by atoms with E-state index in [-0.39, 0.29) is 19.0 Å². The van der Waals surface area contributed by atoms with Gasteiger partial charge in [-0.25, -0.2) is 0 Å². The maximum atomic E-state index is 11.5. The minimum Gasteiger partial charge on any atom is -0.480 e. The van der Waals surface area contributed by atoms with E-state index < -0.39 is 5.97 Å². The second-order valence-electron chi connectivity index (χ2n) is 5.17. The Kier molecular flexibility index (Phi) is 6.12. The standard InChI is InChI=1S/C13H24N2O3/c1-3-10-4-6-11(7-5-10)15(2)9-12(16)14-8-13(17)18/h10-11H,3-9H2,1-2H3,(H,14,16)(H,17,18). The number of hydrogen-bond acceptors (Lipinski definition) is 3. The predicted molar refractivity (Wildman–Crippen MR) is 69.3 cm³/mol. The van der Waals surface area contributed by atoms with Crippen LogP contribution in [0.2, 0.25) is 0 Å². The molecule has 0 heterocycles. The molecule has 0 unspecified atom stereocenters. The molecule has 0 aliphatic heterocycles. The van der Waals surface area contributed by atoms with E-state index in [9.17, 15) is 9.59 Å². The molecule has 0 spiro atoms. The Balaban J connectivity index is 2.26. The zero-order valence-corrected chi connectivity index (χ0v) is 11.3. The molecule has 0 aromatic rings. The van der Waals surface area contributed by atoms with Crippen LogP contribution in [0.5, 0.6) is 0 Å². The molecule has 0 aromatic carbocycles. The van der Waals surface area contributed by atoms with Crippen molar-refractivity contribution in [1.82, 2.24) is 10.2 Å². The van der Waals surface area contributed by atoms with Gasteiger partial charge in [0.05, 0.1) is 6.54 Å². The molecule has 0 saturated heterocycles. The van der Waals surface area contributed by atoms with E-state index in [1.807, 2.05) is 11.9 Å². The molecule has 2 N–H and O–H groups in total. The number of hydrogen-bond donors (Lipinski definition) is 2. The van der Waals surface area contributed by atoms with Crippen LogP contribution in [-0.2, 0) is 9.59 Å². The van der Waals surface area contributed by atoms with Crippen molar-refractivity contribution in [1.29, 1.82) is 0 Å². The second kappa shape index (κ2) is 7.36. The van der Waals surface area contributed by atoms with Crippen molar-refractivity contribution in [3.63, 3.8) is 0 Å². The molecule has 0 atom stereocenters. The largest absolute Gasteiger partial charge is 0.480 e. The first-order chi connectivity index (χ1) is 8.52. The first-order valence-corrected chi connectivity index (χ1v) is 6.71. The van der Waals surface area contributed by atoms with E-state index in [1.165, 1.54) is 19.3 Å². The van der Waals surface area contributed by atoms with Gasteiger partial charge >= 0.3 is 5.97 Å². The maximum Gasteiger partial charge on any atom is 0.322 e. The average Bonchev–Trinajstić information content (AvgIpc) is 2.36. The van der Waals surface area contributed by atoms with E-state index in [0.29, 0.717) is 6.04 Å². The van der Waals surface area contributed by atoms with E-state index >= 15 is 0 Å². The summed E-state index contributed by atoms with van der Waals surface area (Å²) in [5.74, 6) is -0.373. The summed E-state index contributed by atoms with van der Waals surface area (Å²) in [7, 11) is 1.94. The highest BCUT2D eigenvalue weighted by Crippen LogP contribution is 2.28. The molecule has 1 fully saturated rings. The van der Waals surface area contributed by atoms with Crippen LogP contribution in [0.1, 0.15) is 39.0 Å². The van der Waals surface area contributed by atoms with E-state index in [1.54, 1.807) is 0 Å². The number of rotatable bonds is 6. The highest BCUT2D eigenvalue weighted by molar-refractivity contribution is 5.82. The van der Waals surface area contributed by atoms with Gasteiger partial charge in [0, 0.05) is 6.04 Å². The van der Waals surface area contributed by atoms with Gasteiger partial charge in [0.2, 0.25) is 5.91 Å². The zero-order valence-electron chi connectivity index (χ0n) is 11.3. The number of carboxylic acids is 1. The highest BCUT2D eigenvalue weighted by atomic mass is 16.4. The van der Waals surface area contributed by atoms with Crippen LogP contribution >= 0.6 is 0 Å². The molecule has 0 aromatic heterocycles. The summed E-state index contributed by atoms with van der Waals surface area (Å²) in [6.45, 7) is 2.22. The minimum absolute atomic E-state index is 0.211. The summed E-state index contributed by atoms with van der Waals surface area (Å²) in [6.07, 6.45) is 6.00. The minimum atomic E-state index is -1.01. The van der Waals surface area contributed by atoms with Crippen LogP contribution in [0, 0.1) is 5.92 Å². The Hall–Kier alpha value is -1.10. The number of carboxylic acid groups (broad SMARTS) is 1. The monoisotopic (exact) mass is 256 g/mol. The Morgan fingerprint density at radius 2 is 1.89 bits per heavy atom. The Labute approximate surface area is 109 Å². The van der Waals surface area contributed by atoms with Gasteiger partial charge in [0.15, 0.2) is 0 Å². The van der Waals surface area contributed by atoms with Crippen molar-refractivity contribution in [2.45, 2.75) is 45.1 Å². The third-order valence-corrected chi connectivity index (χ3v) is 3.85. The van der Waals surface area contributed by atoms with Gasteiger partial charge in [-0.15, -0.1) is 0 Å². The molecule has 1 aliphatic carbocycles. The summed E-state index contributed by atoms with van der Waals surface area (Å²) in [4.78, 5) is 23.9. The van der Waals surface area contributed by atoms with Crippen LogP contribution in [0.15, 0.2) is 0 Å². The van der Waals surface area contributed by atoms with Gasteiger partial charge < -0.3 is 10.4 Å². The first kappa shape index (κ1) is 15.0. The molecule has 1 rings (SSSR count). The maximum absolute atomic E-state index is 11.5. The number of carbonyl (C=O) groups is 2. The van der Waals surface area contributed by atoms with Crippen LogP contribution in [-0.4, -0.2) is 48.1 Å². The SMILES string of the molecule is CCC1CCC(N(C)CC(=O)NCC(=O)O)CC1. The molecule has 0 radical (unpaired) electrons. The van der Waals surface area contributed by atoms with Crippen molar-refractivity contribution in [2.75, 3.05) is 20.1 Å². The molecule has 5 heteroatoms. The topological polar surface area (TPSA) is 69.6 Å². The first-order valence-electron chi connectivity index (χ1n) is 6.71.